The van der Waals surface area contributed by atoms with E-state index in [1.165, 1.54) is 71.9 Å². The van der Waals surface area contributed by atoms with Crippen LogP contribution >= 0.6 is 9.69 Å². The first-order chi connectivity index (χ1) is 32.4. The Labute approximate surface area is 425 Å². The Morgan fingerprint density at radius 1 is 0.662 bits per heavy atom. The molecule has 2 nitrogen and oxygen atoms in total. The molecule has 1 aliphatic rings. The van der Waals surface area contributed by atoms with Gasteiger partial charge in [-0.25, -0.2) is 0 Å². The summed E-state index contributed by atoms with van der Waals surface area (Å²) in [5.74, 6) is 0.500. The van der Waals surface area contributed by atoms with E-state index in [0.29, 0.717) is 5.92 Å². The maximum atomic E-state index is 6.10. The molecule has 0 saturated carbocycles. The fourth-order valence-corrected chi connectivity index (χ4v) is 12.5. The fraction of sp³-hybridized carbons (Fsp3) is 0.391. The Morgan fingerprint density at radius 2 is 1.21 bits per heavy atom. The number of hydrogen-bond acceptors (Lipinski definition) is 2. The molecule has 5 aromatic rings. The average molecular weight is 1020 g/mol. The monoisotopic (exact) mass is 1020 g/mol. The number of para-hydroxylation sites is 1. The summed E-state index contributed by atoms with van der Waals surface area (Å²) in [6.07, 6.45) is 20.0. The molecule has 5 aromatic carbocycles. The third-order valence-electron chi connectivity index (χ3n) is 13.5. The van der Waals surface area contributed by atoms with E-state index in [2.05, 4.69) is 252 Å². The Bertz CT molecular complexity index is 2510. The van der Waals surface area contributed by atoms with Crippen LogP contribution in [0.25, 0.3) is 5.57 Å². The Kier molecular flexibility index (Phi) is 20.3. The molecular weight excluding hydrogens is 933 g/mol. The number of benzene rings is 5. The average Bonchev–Trinajstić information content (AvgIpc) is 3.69. The number of allylic oxidation sites excluding steroid dienone is 6. The molecular formula is C64H82ClN2Ru. The van der Waals surface area contributed by atoms with Gasteiger partial charge in [0.25, 0.3) is 0 Å². The van der Waals surface area contributed by atoms with Crippen molar-refractivity contribution in [2.24, 2.45) is 5.92 Å². The second-order valence-electron chi connectivity index (χ2n) is 21.5. The standard InChI is InChI=1S/C49H72N2.C15H10.ClH.Ru/c1-13-23-38(3)25-21-26-39(4)35-50-46(7,8)36-48(11,43-29-17-15-18-30-43)33-40(5)34-49(12,44-31-19-16-20-32-44)37-47(9,10)51-45-41(6)27-22-28-42(45)24-14-2;1-2-6-12(7-3-1)15-11-10-13-8-4-5-9-14(13)15;;/h15-22,25-32,35,40,50-51H,13-14,23-24,33-34,36-37H2,1-12H3;1-9,11H;1H;/q;;;+1/p-1/b26-21-,38-25+,39-35+;;;/t40-,48?,49?;;;/m0.../s1. The molecule has 363 valence electrons. The number of rotatable bonds is 21. The summed E-state index contributed by atoms with van der Waals surface area (Å²) in [4.78, 5) is 0. The van der Waals surface area contributed by atoms with Crippen molar-refractivity contribution in [3.8, 4) is 0 Å². The first-order valence-corrected chi connectivity index (χ1v) is 28.3. The van der Waals surface area contributed by atoms with E-state index in [0.717, 1.165) is 44.9 Å². The van der Waals surface area contributed by atoms with E-state index in [4.69, 9.17) is 9.69 Å². The molecule has 6 rings (SSSR count). The van der Waals surface area contributed by atoms with Gasteiger partial charge in [0.2, 0.25) is 0 Å². The molecule has 4 heteroatoms. The van der Waals surface area contributed by atoms with Crippen LogP contribution in [-0.2, 0) is 32.9 Å². The van der Waals surface area contributed by atoms with Crippen molar-refractivity contribution < 1.29 is 15.7 Å². The number of nitrogens with one attached hydrogen (secondary N) is 2. The number of aryl methyl sites for hydroxylation is 2. The number of hydrogen-bond donors (Lipinski definition) is 2. The Balaban J connectivity index is 0.000000419. The SMILES string of the molecule is CCC/C(C)=C/C=C\C(C)=C\NC(C)(C)CC(C)(C[C@H](C)CC(C)(CC(C)(C)Nc1c(C)cccc1CCC)c1ccccc1)c1ccccc1.[Cl][Ru]=[C]1C=C(c2ccccc2)c2ccccc21. The Morgan fingerprint density at radius 3 is 1.76 bits per heavy atom. The molecule has 0 heterocycles. The fourth-order valence-electron chi connectivity index (χ4n) is 11.0. The molecule has 0 aliphatic heterocycles. The molecule has 2 unspecified atom stereocenters. The van der Waals surface area contributed by atoms with Crippen LogP contribution in [0.15, 0.2) is 175 Å². The van der Waals surface area contributed by atoms with Crippen molar-refractivity contribution in [1.29, 1.82) is 0 Å². The van der Waals surface area contributed by atoms with Crippen molar-refractivity contribution >= 4 is 25.1 Å². The topological polar surface area (TPSA) is 24.1 Å². The molecule has 68 heavy (non-hydrogen) atoms. The normalized spacial score (nSPS) is 16.1. The van der Waals surface area contributed by atoms with E-state index >= 15 is 0 Å². The molecule has 0 radical (unpaired) electrons. The van der Waals surface area contributed by atoms with E-state index in [1.807, 2.05) is 6.07 Å². The van der Waals surface area contributed by atoms with Crippen molar-refractivity contribution in [3.05, 3.63) is 214 Å². The minimum absolute atomic E-state index is 0.00364. The number of anilines is 1. The van der Waals surface area contributed by atoms with Gasteiger partial charge in [0.15, 0.2) is 0 Å². The predicted molar refractivity (Wildman–Crippen MR) is 297 cm³/mol. The molecule has 0 amide bonds. The summed E-state index contributed by atoms with van der Waals surface area (Å²) >= 11 is -0.218. The van der Waals surface area contributed by atoms with Crippen LogP contribution in [0.5, 0.6) is 0 Å². The third-order valence-corrected chi connectivity index (χ3v) is 15.4. The van der Waals surface area contributed by atoms with Gasteiger partial charge in [0.05, 0.1) is 0 Å². The van der Waals surface area contributed by atoms with Gasteiger partial charge in [0.1, 0.15) is 0 Å². The van der Waals surface area contributed by atoms with Crippen molar-refractivity contribution in [2.45, 2.75) is 156 Å². The van der Waals surface area contributed by atoms with Crippen LogP contribution in [0.4, 0.5) is 5.69 Å². The molecule has 0 aromatic heterocycles. The molecule has 1 aliphatic carbocycles. The predicted octanol–water partition coefficient (Wildman–Crippen LogP) is 17.7. The molecule has 0 bridgehead atoms. The van der Waals surface area contributed by atoms with Gasteiger partial charge in [-0.05, 0) is 138 Å². The molecule has 0 fully saturated rings. The third kappa shape index (κ3) is 15.7. The molecule has 2 N–H and O–H groups in total. The van der Waals surface area contributed by atoms with Crippen molar-refractivity contribution in [3.63, 3.8) is 0 Å². The molecule has 0 saturated heterocycles. The zero-order valence-corrected chi connectivity index (χ0v) is 46.0. The van der Waals surface area contributed by atoms with Crippen molar-refractivity contribution in [2.75, 3.05) is 5.32 Å². The number of fused-ring (bicyclic) bond motifs is 1. The quantitative estimate of drug-likeness (QED) is 0.0565. The zero-order chi connectivity index (χ0) is 49.4. The maximum absolute atomic E-state index is 6.10. The van der Waals surface area contributed by atoms with E-state index in [1.54, 1.807) is 0 Å². The summed E-state index contributed by atoms with van der Waals surface area (Å²) in [5, 5.41) is 7.89. The Hall–Kier alpha value is -4.56. The van der Waals surface area contributed by atoms with Gasteiger partial charge in [-0.15, -0.1) is 0 Å². The van der Waals surface area contributed by atoms with Crippen molar-refractivity contribution in [1.82, 2.24) is 5.32 Å². The van der Waals surface area contributed by atoms with Crippen LogP contribution in [-0.4, -0.2) is 15.2 Å². The number of halogens is 1. The van der Waals surface area contributed by atoms with E-state index < -0.39 is 0 Å². The minimum atomic E-state index is -0.218. The summed E-state index contributed by atoms with van der Waals surface area (Å²) < 4.78 is 1.30. The van der Waals surface area contributed by atoms with Crippen LogP contribution in [0.3, 0.4) is 0 Å². The van der Waals surface area contributed by atoms with Gasteiger partial charge in [-0.2, -0.15) is 0 Å². The van der Waals surface area contributed by atoms with E-state index in [-0.39, 0.29) is 37.6 Å². The summed E-state index contributed by atoms with van der Waals surface area (Å²) in [7, 11) is 6.10. The van der Waals surface area contributed by atoms with Crippen LogP contribution in [0.1, 0.15) is 160 Å². The molecule has 3 atom stereocenters. The van der Waals surface area contributed by atoms with E-state index in [9.17, 15) is 0 Å². The zero-order valence-electron chi connectivity index (χ0n) is 43.6. The summed E-state index contributed by atoms with van der Waals surface area (Å²) in [6.45, 7) is 28.2. The van der Waals surface area contributed by atoms with Crippen LogP contribution < -0.4 is 10.6 Å². The molecule has 0 spiro atoms. The second kappa shape index (κ2) is 25.3. The van der Waals surface area contributed by atoms with Gasteiger partial charge in [-0.3, -0.25) is 0 Å². The van der Waals surface area contributed by atoms with Gasteiger partial charge in [-0.1, -0.05) is 150 Å². The first kappa shape index (κ1) is 54.4. The van der Waals surface area contributed by atoms with Gasteiger partial charge < -0.3 is 10.6 Å². The second-order valence-corrected chi connectivity index (χ2v) is 23.6. The van der Waals surface area contributed by atoms with Crippen LogP contribution in [0.2, 0.25) is 0 Å². The van der Waals surface area contributed by atoms with Gasteiger partial charge >= 0.3 is 112 Å². The van der Waals surface area contributed by atoms with Gasteiger partial charge in [0, 0.05) is 16.8 Å². The first-order valence-electron chi connectivity index (χ1n) is 25.1. The summed E-state index contributed by atoms with van der Waals surface area (Å²) in [5.41, 5.74) is 14.6. The van der Waals surface area contributed by atoms with Crippen LogP contribution in [0, 0.1) is 12.8 Å². The summed E-state index contributed by atoms with van der Waals surface area (Å²) in [6, 6.07) is 48.3.